The smallest absolute Gasteiger partial charge is 0.309 e. The second-order valence-electron chi connectivity index (χ2n) is 3.25. The monoisotopic (exact) mass is 237 g/mol. The van der Waals surface area contributed by atoms with Crippen LogP contribution in [0.3, 0.4) is 0 Å². The van der Waals surface area contributed by atoms with Crippen LogP contribution in [0.25, 0.3) is 10.9 Å². The Morgan fingerprint density at radius 1 is 1.19 bits per heavy atom. The van der Waals surface area contributed by atoms with Gasteiger partial charge < -0.3 is 9.05 Å². The summed E-state index contributed by atoms with van der Waals surface area (Å²) in [6.45, 7) is 0. The number of pyridine rings is 1. The number of hydrogen-bond donors (Lipinski definition) is 0. The molecule has 0 N–H and O–H groups in total. The Morgan fingerprint density at radius 2 is 1.88 bits per heavy atom. The number of rotatable bonds is 3. The Labute approximate surface area is 93.8 Å². The number of para-hydroxylation sites is 1. The zero-order valence-electron chi connectivity index (χ0n) is 9.08. The van der Waals surface area contributed by atoms with E-state index < -0.39 is 7.60 Å². The maximum atomic E-state index is 12.1. The molecule has 0 saturated heterocycles. The van der Waals surface area contributed by atoms with E-state index in [-0.39, 0.29) is 0 Å². The van der Waals surface area contributed by atoms with Crippen molar-refractivity contribution in [3.05, 3.63) is 36.5 Å². The third-order valence-corrected chi connectivity index (χ3v) is 4.21. The number of hydrogen-bond acceptors (Lipinski definition) is 4. The van der Waals surface area contributed by atoms with Gasteiger partial charge in [-0.15, -0.1) is 0 Å². The Balaban J connectivity index is 2.59. The maximum absolute atomic E-state index is 12.1. The fourth-order valence-electron chi connectivity index (χ4n) is 1.49. The molecule has 0 spiro atoms. The predicted octanol–water partition coefficient (Wildman–Crippen LogP) is 2.35. The SMILES string of the molecule is COP(=O)(OC)c1cnc2ccccc2c1. The number of aromatic nitrogens is 1. The molecule has 0 aliphatic carbocycles. The minimum atomic E-state index is -3.20. The lowest BCUT2D eigenvalue weighted by atomic mass is 10.2. The van der Waals surface area contributed by atoms with Crippen LogP contribution in [-0.2, 0) is 13.6 Å². The van der Waals surface area contributed by atoms with Crippen LogP contribution in [0.5, 0.6) is 0 Å². The van der Waals surface area contributed by atoms with Crippen LogP contribution < -0.4 is 5.30 Å². The Morgan fingerprint density at radius 3 is 2.56 bits per heavy atom. The average molecular weight is 237 g/mol. The van der Waals surface area contributed by atoms with Crippen molar-refractivity contribution in [3.8, 4) is 0 Å². The number of fused-ring (bicyclic) bond motifs is 1. The summed E-state index contributed by atoms with van der Waals surface area (Å²) in [5.74, 6) is 0. The summed E-state index contributed by atoms with van der Waals surface area (Å²) in [6.07, 6.45) is 1.52. The molecule has 4 nitrogen and oxygen atoms in total. The molecule has 2 rings (SSSR count). The summed E-state index contributed by atoms with van der Waals surface area (Å²) in [7, 11) is -0.479. The third kappa shape index (κ3) is 1.87. The quantitative estimate of drug-likeness (QED) is 0.769. The van der Waals surface area contributed by atoms with E-state index in [1.54, 1.807) is 6.07 Å². The van der Waals surface area contributed by atoms with Gasteiger partial charge in [-0.05, 0) is 12.1 Å². The summed E-state index contributed by atoms with van der Waals surface area (Å²) in [6, 6.07) is 9.38. The van der Waals surface area contributed by atoms with E-state index in [4.69, 9.17) is 9.05 Å². The lowest BCUT2D eigenvalue weighted by Crippen LogP contribution is -2.08. The highest BCUT2D eigenvalue weighted by Gasteiger charge is 2.24. The molecule has 1 aromatic carbocycles. The molecule has 0 bridgehead atoms. The first-order valence-electron chi connectivity index (χ1n) is 4.76. The molecule has 0 radical (unpaired) electrons. The van der Waals surface area contributed by atoms with E-state index in [2.05, 4.69) is 4.98 Å². The van der Waals surface area contributed by atoms with Crippen molar-refractivity contribution >= 4 is 23.8 Å². The van der Waals surface area contributed by atoms with Crippen LogP contribution in [0.4, 0.5) is 0 Å². The standard InChI is InChI=1S/C11H12NO3P/c1-14-16(13,15-2)10-7-9-5-3-4-6-11(9)12-8-10/h3-8H,1-2H3. The van der Waals surface area contributed by atoms with Gasteiger partial charge in [-0.2, -0.15) is 0 Å². The van der Waals surface area contributed by atoms with Gasteiger partial charge in [-0.3, -0.25) is 9.55 Å². The van der Waals surface area contributed by atoms with Gasteiger partial charge in [-0.1, -0.05) is 18.2 Å². The minimum Gasteiger partial charge on any atom is -0.309 e. The molecule has 0 atom stereocenters. The molecule has 0 fully saturated rings. The number of nitrogens with zero attached hydrogens (tertiary/aromatic N) is 1. The molecular formula is C11H12NO3P. The predicted molar refractivity (Wildman–Crippen MR) is 63.0 cm³/mol. The molecule has 2 aromatic rings. The van der Waals surface area contributed by atoms with Gasteiger partial charge in [0.1, 0.15) is 0 Å². The third-order valence-electron chi connectivity index (χ3n) is 2.37. The van der Waals surface area contributed by atoms with E-state index in [0.717, 1.165) is 10.9 Å². The van der Waals surface area contributed by atoms with Crippen molar-refractivity contribution < 1.29 is 13.6 Å². The summed E-state index contributed by atoms with van der Waals surface area (Å²) in [4.78, 5) is 4.21. The van der Waals surface area contributed by atoms with Gasteiger partial charge in [0.05, 0.1) is 10.8 Å². The van der Waals surface area contributed by atoms with Crippen LogP contribution in [0.1, 0.15) is 0 Å². The van der Waals surface area contributed by atoms with Crippen LogP contribution in [-0.4, -0.2) is 19.2 Å². The van der Waals surface area contributed by atoms with Crippen molar-refractivity contribution in [1.82, 2.24) is 4.98 Å². The van der Waals surface area contributed by atoms with Crippen molar-refractivity contribution in [2.45, 2.75) is 0 Å². The second kappa shape index (κ2) is 4.34. The lowest BCUT2D eigenvalue weighted by molar-refractivity contribution is 0.287. The molecule has 0 saturated carbocycles. The first-order valence-corrected chi connectivity index (χ1v) is 6.31. The van der Waals surface area contributed by atoms with Gasteiger partial charge in [0.25, 0.3) is 0 Å². The van der Waals surface area contributed by atoms with Gasteiger partial charge in [0, 0.05) is 25.8 Å². The van der Waals surface area contributed by atoms with Crippen LogP contribution in [0.15, 0.2) is 36.5 Å². The Hall–Kier alpha value is -1.22. The van der Waals surface area contributed by atoms with Crippen molar-refractivity contribution in [1.29, 1.82) is 0 Å². The van der Waals surface area contributed by atoms with Gasteiger partial charge in [-0.25, -0.2) is 0 Å². The highest BCUT2D eigenvalue weighted by atomic mass is 31.2. The molecule has 0 unspecified atom stereocenters. The van der Waals surface area contributed by atoms with Crippen molar-refractivity contribution in [3.63, 3.8) is 0 Å². The van der Waals surface area contributed by atoms with E-state index in [0.29, 0.717) is 5.30 Å². The zero-order chi connectivity index (χ0) is 11.6. The zero-order valence-corrected chi connectivity index (χ0v) is 9.98. The van der Waals surface area contributed by atoms with Crippen molar-refractivity contribution in [2.75, 3.05) is 14.2 Å². The second-order valence-corrected chi connectivity index (χ2v) is 5.49. The van der Waals surface area contributed by atoms with Gasteiger partial charge in [0.15, 0.2) is 0 Å². The summed E-state index contributed by atoms with van der Waals surface area (Å²) in [5.41, 5.74) is 0.852. The molecule has 0 amide bonds. The van der Waals surface area contributed by atoms with Gasteiger partial charge >= 0.3 is 7.60 Å². The molecule has 0 aliphatic heterocycles. The molecule has 5 heteroatoms. The normalized spacial score (nSPS) is 11.9. The van der Waals surface area contributed by atoms with Crippen molar-refractivity contribution in [2.24, 2.45) is 0 Å². The van der Waals surface area contributed by atoms with Crippen LogP contribution in [0.2, 0.25) is 0 Å². The molecule has 84 valence electrons. The van der Waals surface area contributed by atoms with Crippen LogP contribution in [0, 0.1) is 0 Å². The average Bonchev–Trinajstić information content (AvgIpc) is 2.37. The van der Waals surface area contributed by atoms with E-state index >= 15 is 0 Å². The first-order chi connectivity index (χ1) is 7.69. The van der Waals surface area contributed by atoms with Crippen LogP contribution >= 0.6 is 7.60 Å². The molecule has 1 heterocycles. The Kier molecular flexibility index (Phi) is 3.06. The Bertz CT molecular complexity index is 548. The first kappa shape index (κ1) is 11.3. The molecule has 16 heavy (non-hydrogen) atoms. The summed E-state index contributed by atoms with van der Waals surface area (Å²) >= 11 is 0. The highest BCUT2D eigenvalue weighted by Crippen LogP contribution is 2.45. The number of benzene rings is 1. The van der Waals surface area contributed by atoms with E-state index in [9.17, 15) is 4.57 Å². The summed E-state index contributed by atoms with van der Waals surface area (Å²) < 4.78 is 21.9. The highest BCUT2D eigenvalue weighted by molar-refractivity contribution is 7.62. The fraction of sp³-hybridized carbons (Fsp3) is 0.182. The summed E-state index contributed by atoms with van der Waals surface area (Å²) in [5, 5.41) is 1.38. The molecular weight excluding hydrogens is 225 g/mol. The molecule has 1 aromatic heterocycles. The molecule has 0 aliphatic rings. The fourth-order valence-corrected chi connectivity index (χ4v) is 2.56. The lowest BCUT2D eigenvalue weighted by Gasteiger charge is -2.13. The van der Waals surface area contributed by atoms with E-state index in [1.165, 1.54) is 20.4 Å². The van der Waals surface area contributed by atoms with E-state index in [1.807, 2.05) is 24.3 Å². The largest absolute Gasteiger partial charge is 0.362 e. The van der Waals surface area contributed by atoms with Gasteiger partial charge in [0.2, 0.25) is 0 Å². The minimum absolute atomic E-state index is 0.469. The topological polar surface area (TPSA) is 48.4 Å². The maximum Gasteiger partial charge on any atom is 0.362 e.